The molecule has 0 spiro atoms. The Morgan fingerprint density at radius 3 is 3.09 bits per heavy atom. The Balaban J connectivity index is 1.55. The van der Waals surface area contributed by atoms with Crippen LogP contribution in [-0.4, -0.2) is 28.4 Å². The van der Waals surface area contributed by atoms with Gasteiger partial charge in [0.15, 0.2) is 0 Å². The van der Waals surface area contributed by atoms with Gasteiger partial charge in [-0.2, -0.15) is 11.8 Å². The van der Waals surface area contributed by atoms with Gasteiger partial charge in [0.05, 0.1) is 6.61 Å². The van der Waals surface area contributed by atoms with Crippen molar-refractivity contribution in [2.75, 3.05) is 17.7 Å². The average Bonchev–Trinajstić information content (AvgIpc) is 3.23. The van der Waals surface area contributed by atoms with Crippen molar-refractivity contribution in [1.29, 1.82) is 0 Å². The Kier molecular flexibility index (Phi) is 5.35. The highest BCUT2D eigenvalue weighted by Gasteiger charge is 2.44. The van der Waals surface area contributed by atoms with Crippen LogP contribution in [0.25, 0.3) is 0 Å². The maximum atomic E-state index is 12.4. The molecule has 1 aliphatic carbocycles. The minimum absolute atomic E-state index is 0.0636. The van der Waals surface area contributed by atoms with Gasteiger partial charge < -0.3 is 10.4 Å². The molecule has 2 aromatic heterocycles. The van der Waals surface area contributed by atoms with Crippen molar-refractivity contribution >= 4 is 34.8 Å². The average molecular weight is 348 g/mol. The summed E-state index contributed by atoms with van der Waals surface area (Å²) in [5, 5.41) is 11.8. The summed E-state index contributed by atoms with van der Waals surface area (Å²) in [5.41, 5.74) is 1.11. The summed E-state index contributed by atoms with van der Waals surface area (Å²) in [6, 6.07) is 8.10. The van der Waals surface area contributed by atoms with E-state index in [0.29, 0.717) is 17.5 Å². The zero-order valence-electron chi connectivity index (χ0n) is 13.0. The predicted molar refractivity (Wildman–Crippen MR) is 96.0 cm³/mol. The first-order valence-electron chi connectivity index (χ1n) is 7.68. The standard InChI is InChI=1S/C17H20N2O2S2/c1-11-2-3-15(23-11)13-9-14(13)17(21)19-16-8-12(4-5-18-16)10-22-7-6-20/h2-5,8,13-14,20H,6-7,9-10H2,1H3,(H,18,19,21). The lowest BCUT2D eigenvalue weighted by Gasteiger charge is -2.06. The Labute approximate surface area is 144 Å². The monoisotopic (exact) mass is 348 g/mol. The molecule has 0 aromatic carbocycles. The van der Waals surface area contributed by atoms with Gasteiger partial charge in [-0.15, -0.1) is 11.3 Å². The molecule has 1 amide bonds. The lowest BCUT2D eigenvalue weighted by Crippen LogP contribution is -2.15. The number of carbonyl (C=O) groups excluding carboxylic acids is 1. The first-order chi connectivity index (χ1) is 11.2. The Hall–Kier alpha value is -1.37. The van der Waals surface area contributed by atoms with Gasteiger partial charge in [0.2, 0.25) is 5.91 Å². The fraction of sp³-hybridized carbons (Fsp3) is 0.412. The van der Waals surface area contributed by atoms with E-state index in [2.05, 4.69) is 29.4 Å². The molecule has 2 unspecified atom stereocenters. The van der Waals surface area contributed by atoms with Crippen molar-refractivity contribution in [1.82, 2.24) is 4.98 Å². The molecule has 122 valence electrons. The van der Waals surface area contributed by atoms with Crippen molar-refractivity contribution in [2.24, 2.45) is 5.92 Å². The molecule has 2 heterocycles. The Morgan fingerprint density at radius 1 is 1.48 bits per heavy atom. The smallest absolute Gasteiger partial charge is 0.229 e. The summed E-state index contributed by atoms with van der Waals surface area (Å²) in [6.07, 6.45) is 2.65. The SMILES string of the molecule is Cc1ccc(C2CC2C(=O)Nc2cc(CSCCO)ccn2)s1. The number of amides is 1. The molecule has 3 rings (SSSR count). The topological polar surface area (TPSA) is 62.2 Å². The molecule has 0 aliphatic heterocycles. The molecule has 0 radical (unpaired) electrons. The molecule has 1 saturated carbocycles. The molecule has 1 aliphatic rings. The molecule has 23 heavy (non-hydrogen) atoms. The molecule has 2 aromatic rings. The number of thioether (sulfide) groups is 1. The van der Waals surface area contributed by atoms with Crippen molar-refractivity contribution < 1.29 is 9.90 Å². The molecule has 2 N–H and O–H groups in total. The number of pyridine rings is 1. The van der Waals surface area contributed by atoms with Gasteiger partial charge in [0, 0.05) is 39.3 Å². The van der Waals surface area contributed by atoms with Crippen LogP contribution >= 0.6 is 23.1 Å². The first-order valence-corrected chi connectivity index (χ1v) is 9.65. The number of aryl methyl sites for hydroxylation is 1. The van der Waals surface area contributed by atoms with Gasteiger partial charge in [0.25, 0.3) is 0 Å². The number of nitrogens with zero attached hydrogens (tertiary/aromatic N) is 1. The number of anilines is 1. The molecule has 1 fully saturated rings. The zero-order valence-corrected chi connectivity index (χ0v) is 14.6. The second-order valence-electron chi connectivity index (χ2n) is 5.71. The van der Waals surface area contributed by atoms with Gasteiger partial charge in [-0.1, -0.05) is 0 Å². The number of hydrogen-bond donors (Lipinski definition) is 2. The lowest BCUT2D eigenvalue weighted by atomic mass is 10.2. The highest BCUT2D eigenvalue weighted by Crippen LogP contribution is 2.50. The van der Waals surface area contributed by atoms with Gasteiger partial charge in [0.1, 0.15) is 5.82 Å². The van der Waals surface area contributed by atoms with Crippen LogP contribution in [-0.2, 0) is 10.5 Å². The van der Waals surface area contributed by atoms with Crippen LogP contribution in [0, 0.1) is 12.8 Å². The molecule has 0 saturated heterocycles. The summed E-state index contributed by atoms with van der Waals surface area (Å²) in [7, 11) is 0. The van der Waals surface area contributed by atoms with E-state index in [1.54, 1.807) is 29.3 Å². The summed E-state index contributed by atoms with van der Waals surface area (Å²) in [4.78, 5) is 19.2. The van der Waals surface area contributed by atoms with E-state index < -0.39 is 0 Å². The second-order valence-corrected chi connectivity index (χ2v) is 8.14. The van der Waals surface area contributed by atoms with Gasteiger partial charge in [-0.25, -0.2) is 4.98 Å². The van der Waals surface area contributed by atoms with Crippen LogP contribution in [0.15, 0.2) is 30.5 Å². The van der Waals surface area contributed by atoms with E-state index in [-0.39, 0.29) is 18.4 Å². The third-order valence-corrected chi connectivity index (χ3v) is 5.98. The minimum Gasteiger partial charge on any atom is -0.396 e. The molecular formula is C17H20N2O2S2. The largest absolute Gasteiger partial charge is 0.396 e. The van der Waals surface area contributed by atoms with Crippen molar-refractivity contribution in [3.8, 4) is 0 Å². The van der Waals surface area contributed by atoms with Crippen LogP contribution in [0.1, 0.15) is 27.7 Å². The van der Waals surface area contributed by atoms with E-state index in [9.17, 15) is 4.79 Å². The second kappa shape index (κ2) is 7.47. The third-order valence-electron chi connectivity index (χ3n) is 3.83. The molecule has 2 atom stereocenters. The summed E-state index contributed by atoms with van der Waals surface area (Å²) < 4.78 is 0. The molecule has 4 nitrogen and oxygen atoms in total. The van der Waals surface area contributed by atoms with Crippen molar-refractivity contribution in [3.05, 3.63) is 45.8 Å². The summed E-state index contributed by atoms with van der Waals surface area (Å²) in [5.74, 6) is 2.65. The summed E-state index contributed by atoms with van der Waals surface area (Å²) >= 11 is 3.44. The normalized spacial score (nSPS) is 19.6. The fourth-order valence-electron chi connectivity index (χ4n) is 2.56. The fourth-order valence-corrected chi connectivity index (χ4v) is 4.30. The number of rotatable bonds is 7. The van der Waals surface area contributed by atoms with Crippen LogP contribution in [0.4, 0.5) is 5.82 Å². The van der Waals surface area contributed by atoms with Crippen LogP contribution in [0.2, 0.25) is 0 Å². The number of aliphatic hydroxyl groups is 1. The minimum atomic E-state index is 0.0636. The molecule has 0 bridgehead atoms. The van der Waals surface area contributed by atoms with Crippen LogP contribution in [0.3, 0.4) is 0 Å². The maximum Gasteiger partial charge on any atom is 0.229 e. The van der Waals surface area contributed by atoms with E-state index >= 15 is 0 Å². The zero-order chi connectivity index (χ0) is 16.2. The maximum absolute atomic E-state index is 12.4. The highest BCUT2D eigenvalue weighted by molar-refractivity contribution is 7.98. The quantitative estimate of drug-likeness (QED) is 0.753. The van der Waals surface area contributed by atoms with Crippen LogP contribution < -0.4 is 5.32 Å². The van der Waals surface area contributed by atoms with Crippen LogP contribution in [0.5, 0.6) is 0 Å². The highest BCUT2D eigenvalue weighted by atomic mass is 32.2. The molecule has 6 heteroatoms. The summed E-state index contributed by atoms with van der Waals surface area (Å²) in [6.45, 7) is 2.28. The number of aliphatic hydroxyl groups excluding tert-OH is 1. The predicted octanol–water partition coefficient (Wildman–Crippen LogP) is 3.42. The number of nitrogens with one attached hydrogen (secondary N) is 1. The number of hydrogen-bond acceptors (Lipinski definition) is 5. The van der Waals surface area contributed by atoms with E-state index in [1.807, 2.05) is 12.1 Å². The molecular weight excluding hydrogens is 328 g/mol. The number of aromatic nitrogens is 1. The number of carbonyl (C=O) groups is 1. The Morgan fingerprint density at radius 2 is 2.35 bits per heavy atom. The lowest BCUT2D eigenvalue weighted by molar-refractivity contribution is -0.117. The van der Waals surface area contributed by atoms with Gasteiger partial charge in [-0.3, -0.25) is 4.79 Å². The van der Waals surface area contributed by atoms with Gasteiger partial charge >= 0.3 is 0 Å². The van der Waals surface area contributed by atoms with E-state index in [1.165, 1.54) is 9.75 Å². The van der Waals surface area contributed by atoms with E-state index in [4.69, 9.17) is 5.11 Å². The first kappa shape index (κ1) is 16.5. The van der Waals surface area contributed by atoms with Gasteiger partial charge in [-0.05, 0) is 43.2 Å². The van der Waals surface area contributed by atoms with E-state index in [0.717, 1.165) is 17.7 Å². The van der Waals surface area contributed by atoms with Crippen molar-refractivity contribution in [2.45, 2.75) is 25.0 Å². The number of thiophene rings is 1. The van der Waals surface area contributed by atoms with Crippen molar-refractivity contribution in [3.63, 3.8) is 0 Å². The third kappa shape index (κ3) is 4.34. The Bertz CT molecular complexity index is 687.